The van der Waals surface area contributed by atoms with Crippen LogP contribution in [-0.4, -0.2) is 38.1 Å². The number of aromatic nitrogens is 1. The molecule has 0 unspecified atom stereocenters. The SMILES string of the molecule is CCOc1ccccc1-n1c(C)cc(/C=C2/C(=N)N3N=C(c4ccccc4)SC3=NC2=O)c1C. The molecule has 0 saturated heterocycles. The Morgan fingerprint density at radius 3 is 2.59 bits per heavy atom. The minimum absolute atomic E-state index is 0.0213. The average Bonchev–Trinajstić information content (AvgIpc) is 3.38. The molecule has 1 amide bonds. The fourth-order valence-electron chi connectivity index (χ4n) is 4.07. The first-order valence-corrected chi connectivity index (χ1v) is 11.8. The zero-order chi connectivity index (χ0) is 23.8. The van der Waals surface area contributed by atoms with Crippen LogP contribution in [0.15, 0.2) is 76.3 Å². The second kappa shape index (κ2) is 8.79. The van der Waals surface area contributed by atoms with Crippen molar-refractivity contribution in [3.8, 4) is 11.4 Å². The number of amidine groups is 2. The number of amides is 1. The lowest BCUT2D eigenvalue weighted by Crippen LogP contribution is -2.35. The number of hydrazone groups is 1. The monoisotopic (exact) mass is 469 g/mol. The number of carbonyl (C=O) groups is 1. The van der Waals surface area contributed by atoms with E-state index in [0.29, 0.717) is 16.8 Å². The van der Waals surface area contributed by atoms with Gasteiger partial charge in [0.15, 0.2) is 5.84 Å². The number of fused-ring (bicyclic) bond motifs is 1. The zero-order valence-electron chi connectivity index (χ0n) is 19.1. The number of hydrogen-bond donors (Lipinski definition) is 1. The second-order valence-electron chi connectivity index (χ2n) is 7.85. The largest absolute Gasteiger partial charge is 0.492 e. The third-order valence-corrected chi connectivity index (χ3v) is 6.61. The van der Waals surface area contributed by atoms with Gasteiger partial charge in [0.1, 0.15) is 10.8 Å². The lowest BCUT2D eigenvalue weighted by Gasteiger charge is -2.20. The van der Waals surface area contributed by atoms with Crippen LogP contribution in [0.4, 0.5) is 0 Å². The number of ether oxygens (including phenoxy) is 1. The van der Waals surface area contributed by atoms with Gasteiger partial charge in [-0.15, -0.1) is 0 Å². The molecule has 34 heavy (non-hydrogen) atoms. The molecule has 8 heteroatoms. The highest BCUT2D eigenvalue weighted by molar-refractivity contribution is 8.27. The van der Waals surface area contributed by atoms with Crippen LogP contribution in [-0.2, 0) is 4.79 Å². The summed E-state index contributed by atoms with van der Waals surface area (Å²) in [5, 5.41) is 15.8. The van der Waals surface area contributed by atoms with Gasteiger partial charge in [-0.3, -0.25) is 10.2 Å². The van der Waals surface area contributed by atoms with Crippen molar-refractivity contribution >= 4 is 39.8 Å². The first-order valence-electron chi connectivity index (χ1n) is 10.9. The van der Waals surface area contributed by atoms with Crippen LogP contribution in [0.1, 0.15) is 29.4 Å². The fraction of sp³-hybridized carbons (Fsp3) is 0.154. The summed E-state index contributed by atoms with van der Waals surface area (Å²) >= 11 is 1.30. The molecular formula is C26H23N5O2S. The highest BCUT2D eigenvalue weighted by Crippen LogP contribution is 2.33. The number of aryl methyl sites for hydroxylation is 1. The average molecular weight is 470 g/mol. The molecule has 3 aromatic rings. The maximum Gasteiger partial charge on any atom is 0.283 e. The summed E-state index contributed by atoms with van der Waals surface area (Å²) in [6.45, 7) is 6.53. The van der Waals surface area contributed by atoms with Crippen molar-refractivity contribution in [1.82, 2.24) is 9.58 Å². The van der Waals surface area contributed by atoms with Gasteiger partial charge in [0.25, 0.3) is 5.91 Å². The van der Waals surface area contributed by atoms with Gasteiger partial charge in [0, 0.05) is 17.0 Å². The number of para-hydroxylation sites is 2. The first-order chi connectivity index (χ1) is 16.5. The predicted molar refractivity (Wildman–Crippen MR) is 137 cm³/mol. The minimum atomic E-state index is -0.437. The van der Waals surface area contributed by atoms with Gasteiger partial charge in [-0.2, -0.15) is 15.1 Å². The van der Waals surface area contributed by atoms with Crippen molar-refractivity contribution in [3.63, 3.8) is 0 Å². The van der Waals surface area contributed by atoms with Crippen molar-refractivity contribution in [2.24, 2.45) is 10.1 Å². The number of rotatable bonds is 5. The number of thioether (sulfide) groups is 1. The Bertz CT molecular complexity index is 1400. The zero-order valence-corrected chi connectivity index (χ0v) is 19.9. The molecule has 0 bridgehead atoms. The van der Waals surface area contributed by atoms with Gasteiger partial charge in [-0.1, -0.05) is 42.5 Å². The molecule has 2 aliphatic heterocycles. The van der Waals surface area contributed by atoms with Crippen LogP contribution in [0.2, 0.25) is 0 Å². The molecule has 1 aromatic heterocycles. The fourth-order valence-corrected chi connectivity index (χ4v) is 4.97. The van der Waals surface area contributed by atoms with Crippen LogP contribution >= 0.6 is 11.8 Å². The molecule has 7 nitrogen and oxygen atoms in total. The summed E-state index contributed by atoms with van der Waals surface area (Å²) < 4.78 is 7.92. The van der Waals surface area contributed by atoms with E-state index >= 15 is 0 Å². The summed E-state index contributed by atoms with van der Waals surface area (Å²) in [7, 11) is 0. The van der Waals surface area contributed by atoms with E-state index in [1.807, 2.05) is 81.4 Å². The molecule has 1 N–H and O–H groups in total. The maximum atomic E-state index is 12.9. The van der Waals surface area contributed by atoms with Crippen LogP contribution in [0, 0.1) is 19.3 Å². The Kier molecular flexibility index (Phi) is 5.67. The van der Waals surface area contributed by atoms with Crippen LogP contribution in [0.25, 0.3) is 11.8 Å². The standard InChI is InChI=1S/C26H23N5O2S/c1-4-33-22-13-9-8-12-21(22)30-16(2)14-19(17(30)3)15-20-23(27)31-26(28-24(20)32)34-25(29-31)18-10-6-5-7-11-18/h5-15,27H,4H2,1-3H3/b20-15-,27-23?. The summed E-state index contributed by atoms with van der Waals surface area (Å²) in [5.41, 5.74) is 4.85. The highest BCUT2D eigenvalue weighted by Gasteiger charge is 2.36. The molecule has 0 radical (unpaired) electrons. The molecule has 0 aliphatic carbocycles. The second-order valence-corrected chi connectivity index (χ2v) is 8.81. The molecule has 2 aliphatic rings. The quantitative estimate of drug-likeness (QED) is 0.523. The van der Waals surface area contributed by atoms with Gasteiger partial charge < -0.3 is 9.30 Å². The van der Waals surface area contributed by atoms with Crippen molar-refractivity contribution in [2.45, 2.75) is 20.8 Å². The van der Waals surface area contributed by atoms with Gasteiger partial charge in [-0.25, -0.2) is 0 Å². The van der Waals surface area contributed by atoms with Crippen LogP contribution in [0.3, 0.4) is 0 Å². The molecule has 0 fully saturated rings. The normalized spacial score (nSPS) is 16.6. The summed E-state index contributed by atoms with van der Waals surface area (Å²) in [6.07, 6.45) is 1.73. The van der Waals surface area contributed by atoms with Crippen LogP contribution < -0.4 is 4.74 Å². The van der Waals surface area contributed by atoms with Crippen molar-refractivity contribution < 1.29 is 9.53 Å². The molecule has 0 spiro atoms. The number of nitrogens with zero attached hydrogens (tertiary/aromatic N) is 4. The smallest absolute Gasteiger partial charge is 0.283 e. The minimum Gasteiger partial charge on any atom is -0.492 e. The van der Waals surface area contributed by atoms with Gasteiger partial charge in [-0.05, 0) is 62.4 Å². The molecule has 0 saturated carbocycles. The van der Waals surface area contributed by atoms with Gasteiger partial charge in [0.2, 0.25) is 5.17 Å². The summed E-state index contributed by atoms with van der Waals surface area (Å²) in [4.78, 5) is 17.1. The molecule has 5 rings (SSSR count). The Labute approximate surface area is 202 Å². The third-order valence-electron chi connectivity index (χ3n) is 5.65. The summed E-state index contributed by atoms with van der Waals surface area (Å²) in [5.74, 6) is 0.374. The van der Waals surface area contributed by atoms with E-state index in [1.165, 1.54) is 16.8 Å². The van der Waals surface area contributed by atoms with Gasteiger partial charge >= 0.3 is 0 Å². The Morgan fingerprint density at radius 1 is 1.09 bits per heavy atom. The van der Waals surface area contributed by atoms with Crippen molar-refractivity contribution in [1.29, 1.82) is 5.41 Å². The Morgan fingerprint density at radius 2 is 1.82 bits per heavy atom. The highest BCUT2D eigenvalue weighted by atomic mass is 32.2. The lowest BCUT2D eigenvalue weighted by molar-refractivity contribution is -0.114. The molecule has 0 atom stereocenters. The van der Waals surface area contributed by atoms with E-state index in [0.717, 1.165) is 34.0 Å². The molecular weight excluding hydrogens is 446 g/mol. The van der Waals surface area contributed by atoms with Crippen molar-refractivity contribution in [2.75, 3.05) is 6.61 Å². The van der Waals surface area contributed by atoms with E-state index in [1.54, 1.807) is 6.08 Å². The number of carbonyl (C=O) groups excluding carboxylic acids is 1. The number of hydrogen-bond acceptors (Lipinski definition) is 5. The van der Waals surface area contributed by atoms with Gasteiger partial charge in [0.05, 0.1) is 17.9 Å². The molecule has 3 heterocycles. The van der Waals surface area contributed by atoms with E-state index < -0.39 is 5.91 Å². The first kappa shape index (κ1) is 21.9. The summed E-state index contributed by atoms with van der Waals surface area (Å²) in [6, 6.07) is 19.6. The topological polar surface area (TPSA) is 83.0 Å². The maximum absolute atomic E-state index is 12.9. The van der Waals surface area contributed by atoms with Crippen LogP contribution in [0.5, 0.6) is 5.75 Å². The van der Waals surface area contributed by atoms with E-state index in [2.05, 4.69) is 14.7 Å². The third kappa shape index (κ3) is 3.76. The number of benzene rings is 2. The Balaban J connectivity index is 1.52. The Hall–Kier alpha value is -3.91. The number of nitrogens with one attached hydrogen (secondary N) is 1. The molecule has 170 valence electrons. The van der Waals surface area contributed by atoms with E-state index in [-0.39, 0.29) is 11.4 Å². The predicted octanol–water partition coefficient (Wildman–Crippen LogP) is 5.16. The van der Waals surface area contributed by atoms with E-state index in [4.69, 9.17) is 10.1 Å². The number of aliphatic imine (C=N–C) groups is 1. The molecule has 2 aromatic carbocycles. The van der Waals surface area contributed by atoms with E-state index in [9.17, 15) is 4.79 Å². The van der Waals surface area contributed by atoms with Crippen molar-refractivity contribution in [3.05, 3.63) is 88.8 Å². The lowest BCUT2D eigenvalue weighted by atomic mass is 10.1.